The van der Waals surface area contributed by atoms with E-state index in [9.17, 15) is 4.79 Å². The van der Waals surface area contributed by atoms with Crippen LogP contribution < -0.4 is 5.32 Å². The van der Waals surface area contributed by atoms with E-state index in [1.54, 1.807) is 0 Å². The van der Waals surface area contributed by atoms with Gasteiger partial charge in [0.1, 0.15) is 0 Å². The van der Waals surface area contributed by atoms with Gasteiger partial charge in [-0.2, -0.15) is 11.8 Å². The molecule has 0 aromatic rings. The molecule has 2 rings (SSSR count). The van der Waals surface area contributed by atoms with Crippen molar-refractivity contribution < 1.29 is 4.79 Å². The van der Waals surface area contributed by atoms with Crippen molar-refractivity contribution in [3.05, 3.63) is 0 Å². The summed E-state index contributed by atoms with van der Waals surface area (Å²) in [5.41, 5.74) is 0. The molecular formula is C15H28N2OS. The first-order chi connectivity index (χ1) is 9.22. The predicted molar refractivity (Wildman–Crippen MR) is 82.3 cm³/mol. The van der Waals surface area contributed by atoms with Crippen LogP contribution in [0.4, 0.5) is 0 Å². The highest BCUT2D eigenvalue weighted by Gasteiger charge is 2.44. The molecule has 19 heavy (non-hydrogen) atoms. The molecule has 1 saturated carbocycles. The first kappa shape index (κ1) is 15.2. The number of amides is 1. The summed E-state index contributed by atoms with van der Waals surface area (Å²) in [6, 6.07) is 0.541. The summed E-state index contributed by atoms with van der Waals surface area (Å²) in [5.74, 6) is 0.367. The number of carbonyl (C=O) groups excluding carboxylic acids is 1. The summed E-state index contributed by atoms with van der Waals surface area (Å²) < 4.78 is 0. The fraction of sp³-hybridized carbons (Fsp3) is 0.933. The van der Waals surface area contributed by atoms with Crippen LogP contribution in [-0.2, 0) is 4.79 Å². The van der Waals surface area contributed by atoms with Gasteiger partial charge in [0, 0.05) is 11.3 Å². The number of nitrogens with zero attached hydrogens (tertiary/aromatic N) is 1. The van der Waals surface area contributed by atoms with Crippen molar-refractivity contribution in [3.8, 4) is 0 Å². The Morgan fingerprint density at radius 3 is 2.79 bits per heavy atom. The monoisotopic (exact) mass is 284 g/mol. The van der Waals surface area contributed by atoms with Crippen LogP contribution in [0.5, 0.6) is 0 Å². The second-order valence-corrected chi connectivity index (χ2v) is 6.88. The summed E-state index contributed by atoms with van der Waals surface area (Å²) in [4.78, 5) is 14.9. The van der Waals surface area contributed by atoms with Gasteiger partial charge in [0.25, 0.3) is 0 Å². The Labute approximate surface area is 121 Å². The molecule has 1 heterocycles. The maximum absolute atomic E-state index is 12.7. The second kappa shape index (κ2) is 6.98. The molecule has 110 valence electrons. The Morgan fingerprint density at radius 1 is 1.37 bits per heavy atom. The molecule has 2 aliphatic rings. The molecule has 3 nitrogen and oxygen atoms in total. The average Bonchev–Trinajstić information content (AvgIpc) is 3.00. The number of rotatable bonds is 6. The van der Waals surface area contributed by atoms with Crippen LogP contribution in [0.25, 0.3) is 0 Å². The number of carbonyl (C=O) groups is 1. The molecule has 1 aliphatic carbocycles. The van der Waals surface area contributed by atoms with E-state index in [4.69, 9.17) is 0 Å². The summed E-state index contributed by atoms with van der Waals surface area (Å²) in [7, 11) is 0. The summed E-state index contributed by atoms with van der Waals surface area (Å²) in [6.07, 6.45) is 10.5. The minimum Gasteiger partial charge on any atom is -0.322 e. The topological polar surface area (TPSA) is 32.3 Å². The molecule has 0 aromatic carbocycles. The van der Waals surface area contributed by atoms with Gasteiger partial charge in [0.15, 0.2) is 0 Å². The van der Waals surface area contributed by atoms with Crippen molar-refractivity contribution in [1.29, 1.82) is 0 Å². The number of nitrogens with one attached hydrogen (secondary N) is 1. The molecule has 4 heteroatoms. The maximum Gasteiger partial charge on any atom is 0.241 e. The third-order valence-corrected chi connectivity index (χ3v) is 5.75. The molecule has 2 fully saturated rings. The minimum atomic E-state index is 0.0769. The molecule has 0 radical (unpaired) electrons. The van der Waals surface area contributed by atoms with E-state index in [2.05, 4.69) is 30.3 Å². The molecule has 4 atom stereocenters. The van der Waals surface area contributed by atoms with E-state index in [1.807, 2.05) is 11.8 Å². The molecule has 1 N–H and O–H groups in total. The first-order valence-electron chi connectivity index (χ1n) is 7.83. The van der Waals surface area contributed by atoms with Gasteiger partial charge in [-0.3, -0.25) is 10.1 Å². The highest BCUT2D eigenvalue weighted by Crippen LogP contribution is 2.35. The van der Waals surface area contributed by atoms with Crippen LogP contribution in [0.15, 0.2) is 0 Å². The zero-order chi connectivity index (χ0) is 13.8. The summed E-state index contributed by atoms with van der Waals surface area (Å²) >= 11 is 1.94. The standard InChI is InChI=1S/C15H28N2OS/c1-4-6-8-11-15(18)17(14(5-2)16-11)12-9-7-10-13(12)19-3/h11-14,16H,4-10H2,1-3H3. The highest BCUT2D eigenvalue weighted by molar-refractivity contribution is 7.99. The van der Waals surface area contributed by atoms with E-state index in [-0.39, 0.29) is 12.2 Å². The van der Waals surface area contributed by atoms with Gasteiger partial charge < -0.3 is 4.90 Å². The second-order valence-electron chi connectivity index (χ2n) is 5.80. The van der Waals surface area contributed by atoms with Gasteiger partial charge in [-0.1, -0.05) is 33.1 Å². The first-order valence-corrected chi connectivity index (χ1v) is 9.12. The average molecular weight is 284 g/mol. The lowest BCUT2D eigenvalue weighted by Gasteiger charge is -2.33. The molecule has 4 unspecified atom stereocenters. The predicted octanol–water partition coefficient (Wildman–Crippen LogP) is 3.00. The quantitative estimate of drug-likeness (QED) is 0.814. The highest BCUT2D eigenvalue weighted by atomic mass is 32.2. The van der Waals surface area contributed by atoms with Gasteiger partial charge in [-0.25, -0.2) is 0 Å². The smallest absolute Gasteiger partial charge is 0.241 e. The molecular weight excluding hydrogens is 256 g/mol. The zero-order valence-corrected chi connectivity index (χ0v) is 13.3. The summed E-state index contributed by atoms with van der Waals surface area (Å²) in [6.45, 7) is 4.37. The lowest BCUT2D eigenvalue weighted by molar-refractivity contribution is -0.132. The Bertz CT molecular complexity index is 311. The third-order valence-electron chi connectivity index (χ3n) is 4.59. The molecule has 1 saturated heterocycles. The van der Waals surface area contributed by atoms with Crippen LogP contribution in [0.3, 0.4) is 0 Å². The number of unbranched alkanes of at least 4 members (excludes halogenated alkanes) is 1. The Hall–Kier alpha value is -0.220. The largest absolute Gasteiger partial charge is 0.322 e. The molecule has 1 amide bonds. The van der Waals surface area contributed by atoms with Crippen LogP contribution >= 0.6 is 11.8 Å². The van der Waals surface area contributed by atoms with Crippen molar-refractivity contribution in [2.45, 2.75) is 82.3 Å². The Kier molecular flexibility index (Phi) is 5.58. The Morgan fingerprint density at radius 2 is 2.16 bits per heavy atom. The van der Waals surface area contributed by atoms with Gasteiger partial charge >= 0.3 is 0 Å². The number of hydrogen-bond acceptors (Lipinski definition) is 3. The minimum absolute atomic E-state index is 0.0769. The van der Waals surface area contributed by atoms with Gasteiger partial charge in [0.05, 0.1) is 12.2 Å². The van der Waals surface area contributed by atoms with Crippen molar-refractivity contribution in [2.24, 2.45) is 0 Å². The van der Waals surface area contributed by atoms with Crippen molar-refractivity contribution in [3.63, 3.8) is 0 Å². The lowest BCUT2D eigenvalue weighted by atomic mass is 10.1. The fourth-order valence-corrected chi connectivity index (χ4v) is 4.52. The Balaban J connectivity index is 2.07. The van der Waals surface area contributed by atoms with E-state index in [1.165, 1.54) is 25.7 Å². The van der Waals surface area contributed by atoms with Crippen LogP contribution in [0.2, 0.25) is 0 Å². The van der Waals surface area contributed by atoms with E-state index < -0.39 is 0 Å². The van der Waals surface area contributed by atoms with Crippen LogP contribution in [0, 0.1) is 0 Å². The lowest BCUT2D eigenvalue weighted by Crippen LogP contribution is -2.47. The van der Waals surface area contributed by atoms with E-state index in [0.717, 1.165) is 19.3 Å². The van der Waals surface area contributed by atoms with Crippen molar-refractivity contribution in [1.82, 2.24) is 10.2 Å². The van der Waals surface area contributed by atoms with Gasteiger partial charge in [-0.15, -0.1) is 0 Å². The normalized spacial score (nSPS) is 35.3. The molecule has 0 bridgehead atoms. The fourth-order valence-electron chi connectivity index (χ4n) is 3.54. The van der Waals surface area contributed by atoms with E-state index in [0.29, 0.717) is 17.2 Å². The molecule has 0 spiro atoms. The zero-order valence-electron chi connectivity index (χ0n) is 12.5. The maximum atomic E-state index is 12.7. The molecule has 0 aromatic heterocycles. The van der Waals surface area contributed by atoms with Crippen molar-refractivity contribution >= 4 is 17.7 Å². The number of hydrogen-bond donors (Lipinski definition) is 1. The SMILES string of the molecule is CCCCC1NC(CC)N(C2CCCC2SC)C1=O. The van der Waals surface area contributed by atoms with Crippen LogP contribution in [0.1, 0.15) is 58.8 Å². The number of thioether (sulfide) groups is 1. The van der Waals surface area contributed by atoms with Gasteiger partial charge in [-0.05, 0) is 31.9 Å². The summed E-state index contributed by atoms with van der Waals surface area (Å²) in [5, 5.41) is 4.21. The van der Waals surface area contributed by atoms with Crippen molar-refractivity contribution in [2.75, 3.05) is 6.26 Å². The van der Waals surface area contributed by atoms with E-state index >= 15 is 0 Å². The van der Waals surface area contributed by atoms with Gasteiger partial charge in [0.2, 0.25) is 5.91 Å². The molecule has 1 aliphatic heterocycles. The van der Waals surface area contributed by atoms with Crippen LogP contribution in [-0.4, -0.2) is 40.6 Å². The third kappa shape index (κ3) is 3.10.